The van der Waals surface area contributed by atoms with Gasteiger partial charge in [-0.05, 0) is 46.4 Å². The molecule has 0 bridgehead atoms. The first-order valence-corrected chi connectivity index (χ1v) is 10.2. The van der Waals surface area contributed by atoms with Crippen molar-refractivity contribution < 1.29 is 14.3 Å². The molecule has 0 unspecified atom stereocenters. The molecule has 1 N–H and O–H groups in total. The first kappa shape index (κ1) is 22.1. The van der Waals surface area contributed by atoms with Gasteiger partial charge in [-0.15, -0.1) is 0 Å². The molecule has 3 aromatic carbocycles. The fourth-order valence-electron chi connectivity index (χ4n) is 2.84. The fraction of sp³-hybridized carbons (Fsp3) is 0.231. The van der Waals surface area contributed by atoms with Crippen LogP contribution >= 0.6 is 0 Å². The van der Waals surface area contributed by atoms with Gasteiger partial charge in [-0.2, -0.15) is 5.10 Å². The number of benzene rings is 3. The van der Waals surface area contributed by atoms with Gasteiger partial charge in [-0.3, -0.25) is 4.79 Å². The maximum atomic E-state index is 12.0. The number of rotatable bonds is 8. The number of hydrogen-bond acceptors (Lipinski definition) is 4. The third-order valence-corrected chi connectivity index (χ3v) is 4.60. The van der Waals surface area contributed by atoms with Crippen molar-refractivity contribution in [3.8, 4) is 11.5 Å². The minimum absolute atomic E-state index is 0.0779. The predicted molar refractivity (Wildman–Crippen MR) is 124 cm³/mol. The zero-order valence-electron chi connectivity index (χ0n) is 18.2. The molecule has 0 aliphatic carbocycles. The average Bonchev–Trinajstić information content (AvgIpc) is 2.77. The van der Waals surface area contributed by atoms with E-state index in [9.17, 15) is 4.79 Å². The molecule has 0 saturated carbocycles. The Hall–Kier alpha value is -3.60. The highest BCUT2D eigenvalue weighted by Crippen LogP contribution is 2.24. The molecule has 0 aliphatic heterocycles. The lowest BCUT2D eigenvalue weighted by Crippen LogP contribution is -2.24. The molecule has 0 spiro atoms. The van der Waals surface area contributed by atoms with Crippen LogP contribution in [0.2, 0.25) is 0 Å². The Morgan fingerprint density at radius 3 is 2.35 bits per heavy atom. The van der Waals surface area contributed by atoms with Gasteiger partial charge in [0, 0.05) is 0 Å². The highest BCUT2D eigenvalue weighted by atomic mass is 16.5. The number of carbonyl (C=O) groups is 1. The Bertz CT molecular complexity index is 1010. The van der Waals surface area contributed by atoms with E-state index in [4.69, 9.17) is 9.47 Å². The quantitative estimate of drug-likeness (QED) is 0.411. The first-order chi connectivity index (χ1) is 14.9. The summed E-state index contributed by atoms with van der Waals surface area (Å²) in [6.07, 6.45) is 1.57. The maximum Gasteiger partial charge on any atom is 0.277 e. The zero-order valence-corrected chi connectivity index (χ0v) is 18.2. The summed E-state index contributed by atoms with van der Waals surface area (Å²) >= 11 is 0. The second-order valence-electron chi connectivity index (χ2n) is 8.20. The number of ether oxygens (including phenoxy) is 2. The van der Waals surface area contributed by atoms with Crippen molar-refractivity contribution in [2.24, 2.45) is 5.10 Å². The van der Waals surface area contributed by atoms with Gasteiger partial charge in [0.25, 0.3) is 5.91 Å². The Balaban J connectivity index is 1.45. The van der Waals surface area contributed by atoms with Gasteiger partial charge in [-0.1, -0.05) is 75.4 Å². The third-order valence-electron chi connectivity index (χ3n) is 4.60. The second-order valence-corrected chi connectivity index (χ2v) is 8.20. The molecule has 31 heavy (non-hydrogen) atoms. The average molecular weight is 417 g/mol. The van der Waals surface area contributed by atoms with Crippen LogP contribution in [-0.4, -0.2) is 18.7 Å². The lowest BCUT2D eigenvalue weighted by molar-refractivity contribution is -0.123. The van der Waals surface area contributed by atoms with E-state index in [2.05, 4.69) is 31.3 Å². The molecule has 0 radical (unpaired) electrons. The number of amides is 1. The maximum absolute atomic E-state index is 12.0. The molecule has 1 amide bonds. The molecule has 0 aliphatic rings. The standard InChI is InChI=1S/C26H28N2O3/c1-26(2,3)22-12-14-23(15-13-22)31-19-25(29)28-27-17-21-10-7-11-24(16-21)30-18-20-8-5-4-6-9-20/h4-17H,18-19H2,1-3H3,(H,28,29). The summed E-state index contributed by atoms with van der Waals surface area (Å²) < 4.78 is 11.3. The third kappa shape index (κ3) is 7.30. The molecule has 0 atom stereocenters. The van der Waals surface area contributed by atoms with Crippen LogP contribution in [-0.2, 0) is 16.8 Å². The summed E-state index contributed by atoms with van der Waals surface area (Å²) in [5.41, 5.74) is 5.69. The molecule has 0 fully saturated rings. The van der Waals surface area contributed by atoms with Crippen LogP contribution < -0.4 is 14.9 Å². The summed E-state index contributed by atoms with van der Waals surface area (Å²) in [5, 5.41) is 4.00. The number of nitrogens with zero attached hydrogens (tertiary/aromatic N) is 1. The molecule has 0 aromatic heterocycles. The van der Waals surface area contributed by atoms with Gasteiger partial charge in [0.2, 0.25) is 0 Å². The van der Waals surface area contributed by atoms with E-state index in [1.165, 1.54) is 5.56 Å². The normalized spacial score (nSPS) is 11.3. The number of nitrogens with one attached hydrogen (secondary N) is 1. The monoisotopic (exact) mass is 416 g/mol. The van der Waals surface area contributed by atoms with Gasteiger partial charge in [0.15, 0.2) is 6.61 Å². The summed E-state index contributed by atoms with van der Waals surface area (Å²) in [6.45, 7) is 6.84. The topological polar surface area (TPSA) is 59.9 Å². The number of hydrazone groups is 1. The van der Waals surface area contributed by atoms with Crippen LogP contribution in [0.5, 0.6) is 11.5 Å². The predicted octanol–water partition coefficient (Wildman–Crippen LogP) is 5.09. The van der Waals surface area contributed by atoms with Gasteiger partial charge >= 0.3 is 0 Å². The van der Waals surface area contributed by atoms with Crippen LogP contribution in [0.25, 0.3) is 0 Å². The lowest BCUT2D eigenvalue weighted by Gasteiger charge is -2.19. The first-order valence-electron chi connectivity index (χ1n) is 10.2. The molecule has 3 rings (SSSR count). The Morgan fingerprint density at radius 1 is 0.903 bits per heavy atom. The largest absolute Gasteiger partial charge is 0.489 e. The lowest BCUT2D eigenvalue weighted by atomic mass is 9.87. The molecule has 0 saturated heterocycles. The molecule has 3 aromatic rings. The smallest absolute Gasteiger partial charge is 0.277 e. The number of carbonyl (C=O) groups excluding carboxylic acids is 1. The zero-order chi connectivity index (χ0) is 22.1. The van der Waals surface area contributed by atoms with Crippen molar-refractivity contribution in [3.63, 3.8) is 0 Å². The molecule has 5 nitrogen and oxygen atoms in total. The van der Waals surface area contributed by atoms with Crippen LogP contribution in [0.4, 0.5) is 0 Å². The summed E-state index contributed by atoms with van der Waals surface area (Å²) in [4.78, 5) is 12.0. The summed E-state index contributed by atoms with van der Waals surface area (Å²) in [6, 6.07) is 25.3. The van der Waals surface area contributed by atoms with Crippen LogP contribution in [0.3, 0.4) is 0 Å². The minimum Gasteiger partial charge on any atom is -0.489 e. The molecular weight excluding hydrogens is 388 g/mol. The van der Waals surface area contributed by atoms with E-state index in [0.717, 1.165) is 16.9 Å². The Morgan fingerprint density at radius 2 is 1.65 bits per heavy atom. The van der Waals surface area contributed by atoms with Crippen molar-refractivity contribution in [2.45, 2.75) is 32.8 Å². The highest BCUT2D eigenvalue weighted by Gasteiger charge is 2.13. The van der Waals surface area contributed by atoms with Crippen molar-refractivity contribution in [1.29, 1.82) is 0 Å². The van der Waals surface area contributed by atoms with Gasteiger partial charge in [-0.25, -0.2) is 5.43 Å². The van der Waals surface area contributed by atoms with E-state index in [1.807, 2.05) is 78.9 Å². The van der Waals surface area contributed by atoms with Gasteiger partial charge in [0.1, 0.15) is 18.1 Å². The molecule has 160 valence electrons. The van der Waals surface area contributed by atoms with Gasteiger partial charge in [0.05, 0.1) is 6.21 Å². The van der Waals surface area contributed by atoms with Gasteiger partial charge < -0.3 is 9.47 Å². The van der Waals surface area contributed by atoms with E-state index in [-0.39, 0.29) is 17.9 Å². The van der Waals surface area contributed by atoms with Crippen molar-refractivity contribution >= 4 is 12.1 Å². The summed E-state index contributed by atoms with van der Waals surface area (Å²) in [5.74, 6) is 1.06. The van der Waals surface area contributed by atoms with Crippen LogP contribution in [0.15, 0.2) is 84.0 Å². The van der Waals surface area contributed by atoms with Crippen LogP contribution in [0.1, 0.15) is 37.5 Å². The Labute approximate surface area is 183 Å². The van der Waals surface area contributed by atoms with E-state index in [0.29, 0.717) is 12.4 Å². The SMILES string of the molecule is CC(C)(C)c1ccc(OCC(=O)NN=Cc2cccc(OCc3ccccc3)c2)cc1. The van der Waals surface area contributed by atoms with Crippen LogP contribution in [0, 0.1) is 0 Å². The molecule has 5 heteroatoms. The molecular formula is C26H28N2O3. The van der Waals surface area contributed by atoms with E-state index < -0.39 is 0 Å². The van der Waals surface area contributed by atoms with E-state index >= 15 is 0 Å². The van der Waals surface area contributed by atoms with E-state index in [1.54, 1.807) is 6.21 Å². The van der Waals surface area contributed by atoms with Crippen molar-refractivity contribution in [1.82, 2.24) is 5.43 Å². The van der Waals surface area contributed by atoms with Crippen molar-refractivity contribution in [3.05, 3.63) is 95.6 Å². The number of hydrogen-bond donors (Lipinski definition) is 1. The minimum atomic E-state index is -0.326. The Kier molecular flexibility index (Phi) is 7.44. The molecule has 0 heterocycles. The second kappa shape index (κ2) is 10.4. The van der Waals surface area contributed by atoms with Crippen molar-refractivity contribution in [2.75, 3.05) is 6.61 Å². The highest BCUT2D eigenvalue weighted by molar-refractivity contribution is 5.83. The summed E-state index contributed by atoms with van der Waals surface area (Å²) in [7, 11) is 0. The fourth-order valence-corrected chi connectivity index (χ4v) is 2.84.